The van der Waals surface area contributed by atoms with E-state index in [0.29, 0.717) is 38.5 Å². The molecule has 1 fully saturated rings. The minimum atomic E-state index is -0.939. The van der Waals surface area contributed by atoms with Crippen molar-refractivity contribution in [2.75, 3.05) is 5.01 Å². The molecule has 1 aliphatic heterocycles. The lowest BCUT2D eigenvalue weighted by Gasteiger charge is -2.26. The van der Waals surface area contributed by atoms with Gasteiger partial charge in [0.25, 0.3) is 5.91 Å². The van der Waals surface area contributed by atoms with Crippen molar-refractivity contribution in [3.05, 3.63) is 62.6 Å². The summed E-state index contributed by atoms with van der Waals surface area (Å²) in [6.45, 7) is 0. The summed E-state index contributed by atoms with van der Waals surface area (Å²) < 4.78 is 0. The Balaban J connectivity index is 1.66. The predicted octanol–water partition coefficient (Wildman–Crippen LogP) is 6.03. The third-order valence-corrected chi connectivity index (χ3v) is 6.91. The molecule has 1 unspecified atom stereocenters. The number of halogens is 3. The number of hydrogen-bond acceptors (Lipinski definition) is 4. The van der Waals surface area contributed by atoms with Gasteiger partial charge in [-0.25, -0.2) is 0 Å². The van der Waals surface area contributed by atoms with Crippen molar-refractivity contribution in [2.24, 2.45) is 5.10 Å². The Kier molecular flexibility index (Phi) is 7.47. The molecule has 1 aliphatic carbocycles. The first kappa shape index (κ1) is 23.9. The molecule has 6 nitrogen and oxygen atoms in total. The fourth-order valence-corrected chi connectivity index (χ4v) is 5.24. The van der Waals surface area contributed by atoms with Gasteiger partial charge in [0.1, 0.15) is 5.71 Å². The SMILES string of the molecule is O=C(O)Cc1ccc(N2N=C(C(=O)NC3CCCCC3)CC2c2ccc(Cl)cc2Cl)c(Cl)c1. The molecule has 174 valence electrons. The van der Waals surface area contributed by atoms with E-state index in [1.165, 1.54) is 6.42 Å². The molecule has 0 aromatic heterocycles. The maximum absolute atomic E-state index is 13.0. The van der Waals surface area contributed by atoms with E-state index in [4.69, 9.17) is 39.9 Å². The summed E-state index contributed by atoms with van der Waals surface area (Å²) in [5, 5.41) is 19.9. The summed E-state index contributed by atoms with van der Waals surface area (Å²) in [6, 6.07) is 10.1. The Hall–Kier alpha value is -2.28. The number of nitrogens with zero attached hydrogens (tertiary/aromatic N) is 2. The lowest BCUT2D eigenvalue weighted by molar-refractivity contribution is -0.136. The zero-order chi connectivity index (χ0) is 23.5. The Morgan fingerprint density at radius 3 is 2.45 bits per heavy atom. The fourth-order valence-electron chi connectivity index (χ4n) is 4.42. The van der Waals surface area contributed by atoms with Gasteiger partial charge in [-0.15, -0.1) is 0 Å². The summed E-state index contributed by atoms with van der Waals surface area (Å²) in [5.41, 5.74) is 2.33. The van der Waals surface area contributed by atoms with Crippen LogP contribution in [0.5, 0.6) is 0 Å². The Labute approximate surface area is 207 Å². The van der Waals surface area contributed by atoms with E-state index in [1.54, 1.807) is 35.3 Å². The number of rotatable bonds is 6. The van der Waals surface area contributed by atoms with Crippen molar-refractivity contribution in [1.82, 2.24) is 5.32 Å². The van der Waals surface area contributed by atoms with Crippen molar-refractivity contribution in [2.45, 2.75) is 57.0 Å². The monoisotopic (exact) mass is 507 g/mol. The minimum Gasteiger partial charge on any atom is -0.481 e. The summed E-state index contributed by atoms with van der Waals surface area (Å²) >= 11 is 19.1. The van der Waals surface area contributed by atoms with Crippen molar-refractivity contribution < 1.29 is 14.7 Å². The van der Waals surface area contributed by atoms with Gasteiger partial charge in [0, 0.05) is 22.5 Å². The normalized spacial score (nSPS) is 18.8. The van der Waals surface area contributed by atoms with Crippen molar-refractivity contribution >= 4 is 58.1 Å². The molecule has 0 radical (unpaired) electrons. The highest BCUT2D eigenvalue weighted by molar-refractivity contribution is 6.40. The first-order valence-corrected chi connectivity index (χ1v) is 12.1. The molecule has 2 aromatic rings. The predicted molar refractivity (Wildman–Crippen MR) is 132 cm³/mol. The number of carbonyl (C=O) groups is 2. The second-order valence-corrected chi connectivity index (χ2v) is 9.69. The topological polar surface area (TPSA) is 82.0 Å². The fraction of sp³-hybridized carbons (Fsp3) is 0.375. The van der Waals surface area contributed by atoms with E-state index < -0.39 is 5.97 Å². The van der Waals surface area contributed by atoms with Crippen LogP contribution in [0.15, 0.2) is 41.5 Å². The summed E-state index contributed by atoms with van der Waals surface area (Å²) in [4.78, 5) is 24.1. The van der Waals surface area contributed by atoms with E-state index in [1.807, 2.05) is 6.07 Å². The maximum atomic E-state index is 13.0. The number of benzene rings is 2. The molecule has 1 saturated carbocycles. The van der Waals surface area contributed by atoms with Gasteiger partial charge in [0.15, 0.2) is 0 Å². The molecule has 2 aromatic carbocycles. The Morgan fingerprint density at radius 2 is 1.79 bits per heavy atom. The molecule has 2 aliphatic rings. The minimum absolute atomic E-state index is 0.134. The quantitative estimate of drug-likeness (QED) is 0.499. The standard InChI is InChI=1S/C24H24Cl3N3O3/c25-15-7-8-17(18(26)12-15)22-13-20(24(33)28-16-4-2-1-3-5-16)29-30(22)21-9-6-14(10-19(21)27)11-23(31)32/h6-10,12,16,22H,1-5,11,13H2,(H,28,33)(H,31,32). The number of aliphatic carboxylic acids is 1. The Morgan fingerprint density at radius 1 is 1.03 bits per heavy atom. The highest BCUT2D eigenvalue weighted by atomic mass is 35.5. The average Bonchev–Trinajstić information content (AvgIpc) is 3.19. The molecule has 9 heteroatoms. The van der Waals surface area contributed by atoms with Crippen LogP contribution in [0.4, 0.5) is 5.69 Å². The first-order valence-electron chi connectivity index (χ1n) is 10.9. The molecular weight excluding hydrogens is 485 g/mol. The third-order valence-electron chi connectivity index (χ3n) is 6.05. The lowest BCUT2D eigenvalue weighted by Crippen LogP contribution is -2.39. The van der Waals surface area contributed by atoms with Gasteiger partial charge in [0.2, 0.25) is 0 Å². The second kappa shape index (κ2) is 10.3. The zero-order valence-corrected chi connectivity index (χ0v) is 20.1. The number of amides is 1. The van der Waals surface area contributed by atoms with Crippen LogP contribution in [0, 0.1) is 0 Å². The lowest BCUT2D eigenvalue weighted by atomic mass is 9.95. The van der Waals surface area contributed by atoms with Gasteiger partial charge >= 0.3 is 5.97 Å². The van der Waals surface area contributed by atoms with E-state index in [9.17, 15) is 9.59 Å². The number of carboxylic acids is 1. The molecule has 1 heterocycles. The summed E-state index contributed by atoms with van der Waals surface area (Å²) in [6.07, 6.45) is 5.61. The molecule has 4 rings (SSSR count). The number of hydrazone groups is 1. The molecule has 1 atom stereocenters. The van der Waals surface area contributed by atoms with Crippen LogP contribution in [0.1, 0.15) is 55.7 Å². The zero-order valence-electron chi connectivity index (χ0n) is 17.9. The van der Waals surface area contributed by atoms with E-state index in [2.05, 4.69) is 10.4 Å². The van der Waals surface area contributed by atoms with Gasteiger partial charge in [-0.2, -0.15) is 5.10 Å². The number of hydrogen-bond donors (Lipinski definition) is 2. The van der Waals surface area contributed by atoms with E-state index in [-0.39, 0.29) is 24.4 Å². The highest BCUT2D eigenvalue weighted by Gasteiger charge is 2.35. The molecule has 2 N–H and O–H groups in total. The van der Waals surface area contributed by atoms with Crippen LogP contribution in [-0.4, -0.2) is 28.7 Å². The highest BCUT2D eigenvalue weighted by Crippen LogP contribution is 2.41. The maximum Gasteiger partial charge on any atom is 0.307 e. The van der Waals surface area contributed by atoms with Crippen LogP contribution in [0.25, 0.3) is 0 Å². The average molecular weight is 509 g/mol. The summed E-state index contributed by atoms with van der Waals surface area (Å²) in [5.74, 6) is -1.12. The second-order valence-electron chi connectivity index (χ2n) is 8.44. The largest absolute Gasteiger partial charge is 0.481 e. The first-order chi connectivity index (χ1) is 15.8. The smallest absolute Gasteiger partial charge is 0.307 e. The number of anilines is 1. The van der Waals surface area contributed by atoms with Crippen LogP contribution in [0.3, 0.4) is 0 Å². The molecule has 0 bridgehead atoms. The third kappa shape index (κ3) is 5.62. The van der Waals surface area contributed by atoms with Crippen molar-refractivity contribution in [1.29, 1.82) is 0 Å². The van der Waals surface area contributed by atoms with E-state index in [0.717, 1.165) is 31.2 Å². The van der Waals surface area contributed by atoms with Gasteiger partial charge < -0.3 is 10.4 Å². The molecule has 1 amide bonds. The van der Waals surface area contributed by atoms with Gasteiger partial charge in [-0.3, -0.25) is 14.6 Å². The van der Waals surface area contributed by atoms with E-state index >= 15 is 0 Å². The Bertz CT molecular complexity index is 1100. The number of carboxylic acid groups (broad SMARTS) is 1. The molecule has 0 spiro atoms. The van der Waals surface area contributed by atoms with Crippen molar-refractivity contribution in [3.63, 3.8) is 0 Å². The van der Waals surface area contributed by atoms with Crippen molar-refractivity contribution in [3.8, 4) is 0 Å². The van der Waals surface area contributed by atoms with Gasteiger partial charge in [-0.05, 0) is 48.2 Å². The van der Waals surface area contributed by atoms with Crippen LogP contribution in [0.2, 0.25) is 15.1 Å². The summed E-state index contributed by atoms with van der Waals surface area (Å²) in [7, 11) is 0. The molecule has 0 saturated heterocycles. The van der Waals surface area contributed by atoms with Crippen LogP contribution < -0.4 is 10.3 Å². The van der Waals surface area contributed by atoms with Crippen LogP contribution in [-0.2, 0) is 16.0 Å². The number of nitrogens with one attached hydrogen (secondary N) is 1. The van der Waals surface area contributed by atoms with Gasteiger partial charge in [0.05, 0.1) is 23.2 Å². The number of carbonyl (C=O) groups excluding carboxylic acids is 1. The molecular formula is C24H24Cl3N3O3. The van der Waals surface area contributed by atoms with Crippen LogP contribution >= 0.6 is 34.8 Å². The molecule has 33 heavy (non-hydrogen) atoms. The van der Waals surface area contributed by atoms with Gasteiger partial charge in [-0.1, -0.05) is 66.2 Å².